The van der Waals surface area contributed by atoms with E-state index in [1.807, 2.05) is 32.1 Å². The van der Waals surface area contributed by atoms with Crippen LogP contribution in [-0.4, -0.2) is 46.5 Å². The van der Waals surface area contributed by atoms with E-state index < -0.39 is 12.2 Å². The first kappa shape index (κ1) is 26.7. The maximum Gasteiger partial charge on any atom is 0.306 e. The number of carbonyl (C=O) groups is 1. The predicted molar refractivity (Wildman–Crippen MR) is 128 cm³/mol. The molecule has 5 nitrogen and oxygen atoms in total. The number of alkyl halides is 1. The molecule has 32 heavy (non-hydrogen) atoms. The summed E-state index contributed by atoms with van der Waals surface area (Å²) in [5.41, 5.74) is 0. The SMILES string of the molecule is CC(C)OC(=O)CCC/C=C\C[C@@H]1[C@@H](/C=C/[C@@H](O)COc2cccc(Cl)c2)[C@@H](Cl)C[C@@H]1O. The number of benzene rings is 1. The molecular weight excluding hydrogens is 451 g/mol. The van der Waals surface area contributed by atoms with Crippen LogP contribution in [0.15, 0.2) is 48.6 Å². The Morgan fingerprint density at radius 3 is 2.81 bits per heavy atom. The van der Waals surface area contributed by atoms with E-state index in [1.54, 1.807) is 30.3 Å². The van der Waals surface area contributed by atoms with Gasteiger partial charge in [0, 0.05) is 16.8 Å². The maximum absolute atomic E-state index is 11.5. The van der Waals surface area contributed by atoms with Gasteiger partial charge in [0.05, 0.1) is 12.2 Å². The highest BCUT2D eigenvalue weighted by Gasteiger charge is 2.39. The number of aliphatic hydroxyl groups excluding tert-OH is 2. The minimum atomic E-state index is -0.794. The molecule has 7 heteroatoms. The van der Waals surface area contributed by atoms with Crippen LogP contribution < -0.4 is 4.74 Å². The molecule has 1 aliphatic carbocycles. The van der Waals surface area contributed by atoms with E-state index in [9.17, 15) is 15.0 Å². The van der Waals surface area contributed by atoms with Gasteiger partial charge in [-0.25, -0.2) is 0 Å². The largest absolute Gasteiger partial charge is 0.491 e. The molecule has 0 aliphatic heterocycles. The van der Waals surface area contributed by atoms with Gasteiger partial charge in [0.2, 0.25) is 0 Å². The van der Waals surface area contributed by atoms with Crippen LogP contribution in [0.2, 0.25) is 5.02 Å². The fourth-order valence-electron chi connectivity index (χ4n) is 3.77. The highest BCUT2D eigenvalue weighted by molar-refractivity contribution is 6.30. The molecule has 1 fully saturated rings. The molecule has 0 heterocycles. The fourth-order valence-corrected chi connectivity index (χ4v) is 4.41. The third-order valence-corrected chi connectivity index (χ3v) is 6.04. The zero-order valence-electron chi connectivity index (χ0n) is 18.7. The van der Waals surface area contributed by atoms with Crippen LogP contribution in [0.3, 0.4) is 0 Å². The monoisotopic (exact) mass is 484 g/mol. The van der Waals surface area contributed by atoms with Crippen molar-refractivity contribution < 1.29 is 24.5 Å². The summed E-state index contributed by atoms with van der Waals surface area (Å²) in [7, 11) is 0. The first-order valence-corrected chi connectivity index (χ1v) is 12.0. The van der Waals surface area contributed by atoms with Crippen LogP contribution in [0.1, 0.15) is 46.0 Å². The van der Waals surface area contributed by atoms with Crippen LogP contribution in [0, 0.1) is 11.8 Å². The number of carbonyl (C=O) groups excluding carboxylic acids is 1. The molecular formula is C25H34Cl2O5. The average Bonchev–Trinajstić information content (AvgIpc) is 2.99. The summed E-state index contributed by atoms with van der Waals surface area (Å²) >= 11 is 12.4. The van der Waals surface area contributed by atoms with Crippen LogP contribution in [0.4, 0.5) is 0 Å². The van der Waals surface area contributed by atoms with Gasteiger partial charge in [0.1, 0.15) is 18.5 Å². The highest BCUT2D eigenvalue weighted by Crippen LogP contribution is 2.39. The van der Waals surface area contributed by atoms with E-state index in [-0.39, 0.29) is 35.9 Å². The van der Waals surface area contributed by atoms with Gasteiger partial charge in [-0.15, -0.1) is 11.6 Å². The lowest BCUT2D eigenvalue weighted by Crippen LogP contribution is -2.20. The van der Waals surface area contributed by atoms with E-state index in [0.717, 1.165) is 12.8 Å². The highest BCUT2D eigenvalue weighted by atomic mass is 35.5. The molecule has 2 rings (SSSR count). The van der Waals surface area contributed by atoms with Gasteiger partial charge in [-0.05, 0) is 69.6 Å². The van der Waals surface area contributed by atoms with Crippen molar-refractivity contribution in [1.29, 1.82) is 0 Å². The molecule has 0 unspecified atom stereocenters. The molecule has 2 N–H and O–H groups in total. The molecule has 0 radical (unpaired) electrons. The first-order chi connectivity index (χ1) is 15.3. The number of allylic oxidation sites excluding steroid dienone is 3. The molecule has 1 aromatic carbocycles. The van der Waals surface area contributed by atoms with Gasteiger partial charge in [0.25, 0.3) is 0 Å². The molecule has 0 bridgehead atoms. The van der Waals surface area contributed by atoms with Gasteiger partial charge in [-0.2, -0.15) is 0 Å². The number of hydrogen-bond acceptors (Lipinski definition) is 5. The molecule has 0 amide bonds. The average molecular weight is 485 g/mol. The molecule has 178 valence electrons. The van der Waals surface area contributed by atoms with Gasteiger partial charge in [0.15, 0.2) is 0 Å². The topological polar surface area (TPSA) is 76.0 Å². The quantitative estimate of drug-likeness (QED) is 0.182. The summed E-state index contributed by atoms with van der Waals surface area (Å²) in [5.74, 6) is 0.361. The summed E-state index contributed by atoms with van der Waals surface area (Å²) < 4.78 is 10.7. The van der Waals surface area contributed by atoms with E-state index in [2.05, 4.69) is 0 Å². The zero-order valence-corrected chi connectivity index (χ0v) is 20.2. The zero-order chi connectivity index (χ0) is 23.5. The summed E-state index contributed by atoms with van der Waals surface area (Å²) in [6.07, 6.45) is 9.39. The second kappa shape index (κ2) is 13.9. The maximum atomic E-state index is 11.5. The van der Waals surface area contributed by atoms with Crippen molar-refractivity contribution in [2.24, 2.45) is 11.8 Å². The fraction of sp³-hybridized carbons (Fsp3) is 0.560. The van der Waals surface area contributed by atoms with E-state index in [4.69, 9.17) is 32.7 Å². The minimum Gasteiger partial charge on any atom is -0.491 e. The van der Waals surface area contributed by atoms with E-state index in [0.29, 0.717) is 30.0 Å². The third kappa shape index (κ3) is 9.53. The number of ether oxygens (including phenoxy) is 2. The number of rotatable bonds is 12. The van der Waals surface area contributed by atoms with Crippen molar-refractivity contribution in [3.8, 4) is 5.75 Å². The molecule has 1 aliphatic rings. The normalized spacial score (nSPS) is 24.5. The molecule has 0 aromatic heterocycles. The van der Waals surface area contributed by atoms with Crippen molar-refractivity contribution in [3.05, 3.63) is 53.6 Å². The summed E-state index contributed by atoms with van der Waals surface area (Å²) in [4.78, 5) is 11.5. The van der Waals surface area contributed by atoms with E-state index >= 15 is 0 Å². The Labute approximate surface area is 201 Å². The summed E-state index contributed by atoms with van der Waals surface area (Å²) in [6, 6.07) is 7.01. The number of esters is 1. The van der Waals surface area contributed by atoms with Crippen LogP contribution >= 0.6 is 23.2 Å². The van der Waals surface area contributed by atoms with Crippen LogP contribution in [0.5, 0.6) is 5.75 Å². The second-order valence-electron chi connectivity index (χ2n) is 8.42. The predicted octanol–water partition coefficient (Wildman–Crippen LogP) is 5.31. The lowest BCUT2D eigenvalue weighted by molar-refractivity contribution is -0.147. The van der Waals surface area contributed by atoms with Crippen molar-refractivity contribution in [2.45, 2.75) is 69.6 Å². The van der Waals surface area contributed by atoms with Crippen molar-refractivity contribution in [2.75, 3.05) is 6.61 Å². The summed E-state index contributed by atoms with van der Waals surface area (Å²) in [5, 5.41) is 21.1. The molecule has 0 spiro atoms. The number of aliphatic hydroxyl groups is 2. The van der Waals surface area contributed by atoms with Gasteiger partial charge < -0.3 is 19.7 Å². The minimum absolute atomic E-state index is 0.0167. The molecule has 5 atom stereocenters. The second-order valence-corrected chi connectivity index (χ2v) is 9.42. The molecule has 0 saturated heterocycles. The van der Waals surface area contributed by atoms with E-state index in [1.165, 1.54) is 0 Å². The van der Waals surface area contributed by atoms with Crippen LogP contribution in [0.25, 0.3) is 0 Å². The van der Waals surface area contributed by atoms with Crippen LogP contribution in [-0.2, 0) is 9.53 Å². The Bertz CT molecular complexity index is 764. The molecule has 1 aromatic rings. The first-order valence-electron chi connectivity index (χ1n) is 11.2. The molecule has 1 saturated carbocycles. The van der Waals surface area contributed by atoms with Crippen molar-refractivity contribution in [3.63, 3.8) is 0 Å². The van der Waals surface area contributed by atoms with Crippen molar-refractivity contribution in [1.82, 2.24) is 0 Å². The smallest absolute Gasteiger partial charge is 0.306 e. The van der Waals surface area contributed by atoms with Gasteiger partial charge >= 0.3 is 5.97 Å². The van der Waals surface area contributed by atoms with Gasteiger partial charge in [-0.3, -0.25) is 4.79 Å². The lowest BCUT2D eigenvalue weighted by atomic mass is 9.90. The Hall–Kier alpha value is -1.53. The standard InChI is InChI=1S/C25H34Cl2O5/c1-17(2)32-25(30)11-6-4-3-5-10-22-21(23(27)15-24(22)29)13-12-19(28)16-31-20-9-7-8-18(26)14-20/h3,5,7-9,12-14,17,19,21-24,28-29H,4,6,10-11,15-16H2,1-2H3/b5-3-,13-12+/t19-,21-,22-,23+,24+/m1/s1. The number of halogens is 2. The Kier molecular flexibility index (Phi) is 11.6. The Morgan fingerprint density at radius 1 is 1.31 bits per heavy atom. The van der Waals surface area contributed by atoms with Gasteiger partial charge in [-0.1, -0.05) is 42.0 Å². The third-order valence-electron chi connectivity index (χ3n) is 5.34. The van der Waals surface area contributed by atoms with Crippen molar-refractivity contribution >= 4 is 29.2 Å². The lowest BCUT2D eigenvalue weighted by Gasteiger charge is -2.19. The number of unbranched alkanes of at least 4 members (excludes halogenated alkanes) is 1. The number of hydrogen-bond donors (Lipinski definition) is 2. The Balaban J connectivity index is 1.78. The Morgan fingerprint density at radius 2 is 2.09 bits per heavy atom. The summed E-state index contributed by atoms with van der Waals surface area (Å²) in [6.45, 7) is 3.78.